The van der Waals surface area contributed by atoms with Gasteiger partial charge in [0.1, 0.15) is 0 Å². The van der Waals surface area contributed by atoms with E-state index in [1.807, 2.05) is 23.1 Å². The summed E-state index contributed by atoms with van der Waals surface area (Å²) >= 11 is 0. The lowest BCUT2D eigenvalue weighted by atomic mass is 9.93. The van der Waals surface area contributed by atoms with Crippen molar-refractivity contribution in [2.24, 2.45) is 11.7 Å². The normalized spacial score (nSPS) is 15.4. The number of carbonyl (C=O) groups excluding carboxylic acids is 1. The van der Waals surface area contributed by atoms with E-state index in [-0.39, 0.29) is 25.0 Å². The van der Waals surface area contributed by atoms with Crippen molar-refractivity contribution in [1.29, 1.82) is 0 Å². The van der Waals surface area contributed by atoms with Gasteiger partial charge < -0.3 is 15.5 Å². The summed E-state index contributed by atoms with van der Waals surface area (Å²) < 4.78 is 12.5. The zero-order valence-electron chi connectivity index (χ0n) is 17.7. The molecule has 6 heteroatoms. The summed E-state index contributed by atoms with van der Waals surface area (Å²) in [6, 6.07) is 18.1. The van der Waals surface area contributed by atoms with Gasteiger partial charge >= 0.3 is 0 Å². The van der Waals surface area contributed by atoms with Crippen molar-refractivity contribution in [3.8, 4) is 0 Å². The Morgan fingerprint density at radius 3 is 2.33 bits per heavy atom. The first-order valence-electron chi connectivity index (χ1n) is 10.5. The second-order valence-corrected chi connectivity index (χ2v) is 8.07. The van der Waals surface area contributed by atoms with Crippen molar-refractivity contribution in [3.63, 3.8) is 0 Å². The topological polar surface area (TPSA) is 49.6 Å². The van der Waals surface area contributed by atoms with Gasteiger partial charge in [-0.3, -0.25) is 9.18 Å². The molecule has 1 aliphatic heterocycles. The molecule has 0 aliphatic carbocycles. The Balaban J connectivity index is 0.00000320. The van der Waals surface area contributed by atoms with Gasteiger partial charge in [-0.1, -0.05) is 42.5 Å². The van der Waals surface area contributed by atoms with Crippen LogP contribution < -0.4 is 10.6 Å². The number of rotatable bonds is 8. The van der Waals surface area contributed by atoms with Gasteiger partial charge in [-0.25, -0.2) is 0 Å². The van der Waals surface area contributed by atoms with Crippen LogP contribution in [0.4, 0.5) is 10.1 Å². The van der Waals surface area contributed by atoms with Crippen LogP contribution in [0.15, 0.2) is 54.6 Å². The summed E-state index contributed by atoms with van der Waals surface area (Å²) in [4.78, 5) is 16.7. The third-order valence-corrected chi connectivity index (χ3v) is 5.86. The number of hydrogen-bond acceptors (Lipinski definition) is 3. The highest BCUT2D eigenvalue weighted by molar-refractivity contribution is 5.85. The summed E-state index contributed by atoms with van der Waals surface area (Å²) in [5, 5.41) is 0. The molecular formula is C24H33ClFN3O. The Labute approximate surface area is 185 Å². The Hall–Kier alpha value is -2.11. The van der Waals surface area contributed by atoms with Crippen molar-refractivity contribution >= 4 is 24.0 Å². The van der Waals surface area contributed by atoms with E-state index in [4.69, 9.17) is 5.73 Å². The first-order chi connectivity index (χ1) is 14.1. The molecule has 4 nitrogen and oxygen atoms in total. The van der Waals surface area contributed by atoms with Crippen LogP contribution in [0.5, 0.6) is 0 Å². The molecule has 0 spiro atoms. The highest BCUT2D eigenvalue weighted by atomic mass is 35.5. The minimum absolute atomic E-state index is 0. The fraction of sp³-hybridized carbons (Fsp3) is 0.458. The number of benzene rings is 2. The fourth-order valence-corrected chi connectivity index (χ4v) is 4.01. The molecule has 30 heavy (non-hydrogen) atoms. The van der Waals surface area contributed by atoms with Gasteiger partial charge in [-0.2, -0.15) is 0 Å². The Morgan fingerprint density at radius 1 is 1.10 bits per heavy atom. The molecule has 1 aliphatic rings. The molecular weight excluding hydrogens is 401 g/mol. The van der Waals surface area contributed by atoms with Crippen LogP contribution in [0.2, 0.25) is 0 Å². The quantitative estimate of drug-likeness (QED) is 0.678. The zero-order valence-corrected chi connectivity index (χ0v) is 18.5. The fourth-order valence-electron chi connectivity index (χ4n) is 4.01. The highest BCUT2D eigenvalue weighted by Gasteiger charge is 2.26. The number of anilines is 1. The number of likely N-dealkylation sites (tertiary alicyclic amines) is 1. The molecule has 2 aromatic carbocycles. The van der Waals surface area contributed by atoms with E-state index in [0.717, 1.165) is 30.6 Å². The predicted molar refractivity (Wildman–Crippen MR) is 124 cm³/mol. The van der Waals surface area contributed by atoms with Crippen LogP contribution in [0, 0.1) is 5.92 Å². The van der Waals surface area contributed by atoms with Gasteiger partial charge in [0.25, 0.3) is 0 Å². The summed E-state index contributed by atoms with van der Waals surface area (Å²) in [5.41, 5.74) is 9.67. The second-order valence-electron chi connectivity index (χ2n) is 8.07. The molecule has 1 fully saturated rings. The lowest BCUT2D eigenvalue weighted by Crippen LogP contribution is -2.48. The van der Waals surface area contributed by atoms with Crippen LogP contribution in [0.25, 0.3) is 0 Å². The first-order valence-corrected chi connectivity index (χ1v) is 10.5. The second kappa shape index (κ2) is 11.9. The van der Waals surface area contributed by atoms with Crippen LogP contribution in [0.3, 0.4) is 0 Å². The summed E-state index contributed by atoms with van der Waals surface area (Å²) in [6.07, 6.45) is 2.90. The van der Waals surface area contributed by atoms with E-state index in [9.17, 15) is 9.18 Å². The van der Waals surface area contributed by atoms with Crippen LogP contribution in [-0.4, -0.2) is 43.7 Å². The van der Waals surface area contributed by atoms with Gasteiger partial charge in [0.2, 0.25) is 5.91 Å². The average Bonchev–Trinajstić information content (AvgIpc) is 2.75. The smallest absolute Gasteiger partial charge is 0.239 e. The molecule has 1 unspecified atom stereocenters. The first kappa shape index (κ1) is 24.2. The van der Waals surface area contributed by atoms with Crippen molar-refractivity contribution in [2.75, 3.05) is 31.7 Å². The molecule has 0 bridgehead atoms. The average molecular weight is 434 g/mol. The summed E-state index contributed by atoms with van der Waals surface area (Å²) in [6.45, 7) is 1.96. The van der Waals surface area contributed by atoms with E-state index < -0.39 is 6.04 Å². The zero-order chi connectivity index (χ0) is 20.6. The Morgan fingerprint density at radius 2 is 1.73 bits per heavy atom. The molecule has 1 amide bonds. The van der Waals surface area contributed by atoms with E-state index in [0.29, 0.717) is 31.8 Å². The lowest BCUT2D eigenvalue weighted by molar-refractivity contribution is -0.134. The Kier molecular flexibility index (Phi) is 9.60. The maximum absolute atomic E-state index is 12.7. The van der Waals surface area contributed by atoms with Crippen LogP contribution in [0.1, 0.15) is 30.4 Å². The van der Waals surface area contributed by atoms with Crippen LogP contribution >= 0.6 is 12.4 Å². The van der Waals surface area contributed by atoms with Crippen LogP contribution in [-0.2, 0) is 17.8 Å². The number of hydrogen-bond donors (Lipinski definition) is 1. The molecule has 1 atom stereocenters. The molecule has 1 heterocycles. The SMILES string of the molecule is CN(Cc1ccccc1)c1ccc(CC(N)C(=O)N2CCC(CCF)CC2)cc1.Cl. The number of amides is 1. The van der Waals surface area contributed by atoms with Crippen molar-refractivity contribution in [3.05, 3.63) is 65.7 Å². The predicted octanol–water partition coefficient (Wildman–Crippen LogP) is 4.21. The maximum Gasteiger partial charge on any atom is 0.239 e. The number of halogens is 2. The Bertz CT molecular complexity index is 764. The third kappa shape index (κ3) is 6.71. The molecule has 1 saturated heterocycles. The molecule has 2 N–H and O–H groups in total. The third-order valence-electron chi connectivity index (χ3n) is 5.86. The van der Waals surface area contributed by atoms with E-state index >= 15 is 0 Å². The minimum Gasteiger partial charge on any atom is -0.370 e. The monoisotopic (exact) mass is 433 g/mol. The molecule has 2 aromatic rings. The van der Waals surface area contributed by atoms with Gasteiger partial charge in [-0.05, 0) is 54.9 Å². The number of carbonyl (C=O) groups is 1. The van der Waals surface area contributed by atoms with Gasteiger partial charge in [0, 0.05) is 32.4 Å². The maximum atomic E-state index is 12.7. The highest BCUT2D eigenvalue weighted by Crippen LogP contribution is 2.22. The van der Waals surface area contributed by atoms with E-state index in [1.165, 1.54) is 5.56 Å². The number of alkyl halides is 1. The van der Waals surface area contributed by atoms with Crippen molar-refractivity contribution in [2.45, 2.75) is 38.3 Å². The minimum atomic E-state index is -0.527. The van der Waals surface area contributed by atoms with E-state index in [1.54, 1.807) is 0 Å². The largest absolute Gasteiger partial charge is 0.370 e. The molecule has 3 rings (SSSR count). The number of piperidine rings is 1. The summed E-state index contributed by atoms with van der Waals surface area (Å²) in [5.74, 6) is 0.412. The molecule has 0 aromatic heterocycles. The van der Waals surface area contributed by atoms with Gasteiger partial charge in [0.15, 0.2) is 0 Å². The molecule has 164 valence electrons. The van der Waals surface area contributed by atoms with Crippen molar-refractivity contribution in [1.82, 2.24) is 4.90 Å². The van der Waals surface area contributed by atoms with E-state index in [2.05, 4.69) is 48.3 Å². The number of nitrogens with zero attached hydrogens (tertiary/aromatic N) is 2. The standard InChI is InChI=1S/C24H32FN3O.ClH/c1-27(18-21-5-3-2-4-6-21)22-9-7-20(8-10-22)17-23(26)24(29)28-15-12-19(11-14-25)13-16-28;/h2-10,19,23H,11-18,26H2,1H3;1H. The van der Waals surface area contributed by atoms with Gasteiger partial charge in [0.05, 0.1) is 12.7 Å². The molecule has 0 saturated carbocycles. The van der Waals surface area contributed by atoms with Crippen molar-refractivity contribution < 1.29 is 9.18 Å². The summed E-state index contributed by atoms with van der Waals surface area (Å²) in [7, 11) is 2.07. The molecule has 0 radical (unpaired) electrons. The number of nitrogens with two attached hydrogens (primary N) is 1. The van der Waals surface area contributed by atoms with Gasteiger partial charge in [-0.15, -0.1) is 12.4 Å². The lowest BCUT2D eigenvalue weighted by Gasteiger charge is -2.33.